The van der Waals surface area contributed by atoms with Gasteiger partial charge in [0.05, 0.1) is 16.9 Å². The highest BCUT2D eigenvalue weighted by Gasteiger charge is 2.58. The molecule has 1 aliphatic heterocycles. The topological polar surface area (TPSA) is 117 Å². The molecule has 4 aliphatic rings. The summed E-state index contributed by atoms with van der Waals surface area (Å²) in [6, 6.07) is 15.8. The number of allylic oxidation sites excluding steroid dienone is 6. The molecule has 4 atom stereocenters. The zero-order valence-electron chi connectivity index (χ0n) is 26.7. The number of pyridine rings is 1. The summed E-state index contributed by atoms with van der Waals surface area (Å²) in [7, 11) is 1.23. The number of fused-ring (bicyclic) bond motifs is 3. The Bertz CT molecular complexity index is 2080. The average Bonchev–Trinajstić information content (AvgIpc) is 3.34. The number of halogens is 4. The van der Waals surface area contributed by atoms with Crippen LogP contribution in [0.1, 0.15) is 42.5 Å². The second-order valence-electron chi connectivity index (χ2n) is 12.7. The van der Waals surface area contributed by atoms with Crippen molar-refractivity contribution in [3.8, 4) is 11.5 Å². The molecule has 0 saturated carbocycles. The van der Waals surface area contributed by atoms with Crippen LogP contribution in [0.5, 0.6) is 11.5 Å². The number of amides is 2. The van der Waals surface area contributed by atoms with E-state index in [4.69, 9.17) is 16.3 Å². The number of Topliss-reactive ketones (excluding diaryl/α,β-unsaturated/α-hetero) is 1. The normalized spacial score (nSPS) is 23.3. The number of phenols is 1. The van der Waals surface area contributed by atoms with E-state index in [0.29, 0.717) is 23.0 Å². The number of hydrazine groups is 1. The predicted octanol–water partition coefficient (Wildman–Crippen LogP) is 6.52. The molecule has 2 aromatic carbocycles. The number of anilines is 1. The minimum Gasteiger partial charge on any atom is -0.507 e. The monoisotopic (exact) mass is 703 g/mol. The van der Waals surface area contributed by atoms with Crippen LogP contribution in [0.3, 0.4) is 0 Å². The van der Waals surface area contributed by atoms with Crippen molar-refractivity contribution in [2.45, 2.75) is 38.5 Å². The molecule has 2 amide bonds. The molecule has 9 nitrogen and oxygen atoms in total. The number of hydrogen-bond donors (Lipinski definition) is 1. The number of benzene rings is 2. The van der Waals surface area contributed by atoms with Gasteiger partial charge in [0, 0.05) is 41.3 Å². The molecule has 1 N–H and O–H groups in total. The average molecular weight is 704 g/mol. The third-order valence-corrected chi connectivity index (χ3v) is 10.1. The molecule has 50 heavy (non-hydrogen) atoms. The molecular weight excluding hydrogens is 675 g/mol. The summed E-state index contributed by atoms with van der Waals surface area (Å²) in [6.07, 6.45) is -1.73. The van der Waals surface area contributed by atoms with E-state index in [-0.39, 0.29) is 52.7 Å². The van der Waals surface area contributed by atoms with Gasteiger partial charge in [0.15, 0.2) is 17.4 Å². The molecule has 3 aromatic rings. The van der Waals surface area contributed by atoms with E-state index in [0.717, 1.165) is 21.6 Å². The Labute approximate surface area is 289 Å². The highest BCUT2D eigenvalue weighted by atomic mass is 35.5. The van der Waals surface area contributed by atoms with Gasteiger partial charge in [-0.25, -0.2) is 4.98 Å². The molecular formula is C37H29ClF3N3O6. The van der Waals surface area contributed by atoms with Gasteiger partial charge < -0.3 is 9.84 Å². The molecule has 3 aliphatic carbocycles. The van der Waals surface area contributed by atoms with Crippen LogP contribution in [0.15, 0.2) is 95.1 Å². The van der Waals surface area contributed by atoms with E-state index >= 15 is 0 Å². The zero-order chi connectivity index (χ0) is 35.6. The molecule has 0 spiro atoms. The molecule has 256 valence electrons. The third kappa shape index (κ3) is 5.47. The first-order valence-electron chi connectivity index (χ1n) is 15.8. The summed E-state index contributed by atoms with van der Waals surface area (Å²) in [5.74, 6) is -5.97. The number of imide groups is 1. The van der Waals surface area contributed by atoms with Crippen LogP contribution in [-0.2, 0) is 32.0 Å². The Morgan fingerprint density at radius 1 is 1.02 bits per heavy atom. The maximum atomic E-state index is 14.2. The van der Waals surface area contributed by atoms with Crippen molar-refractivity contribution < 1.29 is 42.2 Å². The van der Waals surface area contributed by atoms with Crippen molar-refractivity contribution in [2.24, 2.45) is 17.8 Å². The Hall–Kier alpha value is -5.23. The molecule has 1 aromatic heterocycles. The fourth-order valence-electron chi connectivity index (χ4n) is 7.50. The van der Waals surface area contributed by atoms with Gasteiger partial charge in [-0.3, -0.25) is 24.2 Å². The van der Waals surface area contributed by atoms with Crippen LogP contribution in [-0.4, -0.2) is 45.5 Å². The minimum atomic E-state index is -4.80. The van der Waals surface area contributed by atoms with Gasteiger partial charge in [-0.05, 0) is 55.5 Å². The van der Waals surface area contributed by atoms with E-state index in [1.165, 1.54) is 19.2 Å². The smallest absolute Gasteiger partial charge is 0.433 e. The lowest BCUT2D eigenvalue weighted by Crippen LogP contribution is -2.46. The predicted molar refractivity (Wildman–Crippen MR) is 175 cm³/mol. The van der Waals surface area contributed by atoms with Gasteiger partial charge in [0.1, 0.15) is 23.8 Å². The Balaban J connectivity index is 1.26. The summed E-state index contributed by atoms with van der Waals surface area (Å²) in [6.45, 7) is 1.78. The maximum absolute atomic E-state index is 14.2. The van der Waals surface area contributed by atoms with Crippen molar-refractivity contribution in [3.05, 3.63) is 117 Å². The number of carbonyl (C=O) groups is 4. The van der Waals surface area contributed by atoms with Crippen molar-refractivity contribution in [3.63, 3.8) is 0 Å². The summed E-state index contributed by atoms with van der Waals surface area (Å²) >= 11 is 6.22. The first-order chi connectivity index (χ1) is 23.8. The molecule has 2 heterocycles. The standard InChI is InChI=1S/C37H29ClF3N3O6/c1-18-14-27(45)25-16-24-21(30(32(25)33(18)47)22-9-8-20(15-28(22)46)50-17-19-6-4-3-5-7-19)10-11-23-31(24)36(49)44(35(23)48)43(2)34-26(38)12-13-29(42-34)37(39,40)41/h3-10,12-15,23-24,30-31,46H,11,16-17H2,1-2H3. The summed E-state index contributed by atoms with van der Waals surface area (Å²) in [5, 5.41) is 12.9. The number of nitrogens with zero attached hydrogens (tertiary/aromatic N) is 3. The van der Waals surface area contributed by atoms with Crippen molar-refractivity contribution in [1.29, 1.82) is 0 Å². The lowest BCUT2D eigenvalue weighted by Gasteiger charge is -2.42. The first-order valence-corrected chi connectivity index (χ1v) is 16.2. The van der Waals surface area contributed by atoms with Crippen LogP contribution in [0.4, 0.5) is 19.0 Å². The van der Waals surface area contributed by atoms with Crippen LogP contribution >= 0.6 is 11.6 Å². The SMILES string of the molecule is CC1=CC(=O)C2=C(C1=O)C(c1ccc(OCc3ccccc3)cc1O)C1=CCC3C(=O)N(N(C)c4nc(C(F)(F)F)ccc4Cl)C(=O)C3C1C2. The Morgan fingerprint density at radius 3 is 2.46 bits per heavy atom. The van der Waals surface area contributed by atoms with Gasteiger partial charge in [-0.15, -0.1) is 0 Å². The van der Waals surface area contributed by atoms with E-state index in [1.54, 1.807) is 25.1 Å². The van der Waals surface area contributed by atoms with Gasteiger partial charge in [0.2, 0.25) is 0 Å². The second-order valence-corrected chi connectivity index (χ2v) is 13.1. The minimum absolute atomic E-state index is 0.0225. The number of hydrogen-bond acceptors (Lipinski definition) is 8. The quantitative estimate of drug-likeness (QED) is 0.175. The molecule has 7 rings (SSSR count). The number of ether oxygens (including phenoxy) is 1. The van der Waals surface area contributed by atoms with E-state index in [9.17, 15) is 37.5 Å². The highest BCUT2D eigenvalue weighted by Crippen LogP contribution is 2.56. The first kappa shape index (κ1) is 33.3. The number of aromatic hydroxyl groups is 1. The molecule has 1 saturated heterocycles. The number of rotatable bonds is 6. The summed E-state index contributed by atoms with van der Waals surface area (Å²) in [5.41, 5.74) is 1.20. The Morgan fingerprint density at radius 2 is 1.76 bits per heavy atom. The fourth-order valence-corrected chi connectivity index (χ4v) is 7.73. The molecule has 0 bridgehead atoms. The van der Waals surface area contributed by atoms with Crippen LogP contribution in [0, 0.1) is 17.8 Å². The van der Waals surface area contributed by atoms with Crippen molar-refractivity contribution >= 4 is 40.8 Å². The van der Waals surface area contributed by atoms with E-state index < -0.39 is 59.0 Å². The third-order valence-electron chi connectivity index (χ3n) is 9.83. The molecule has 4 unspecified atom stereocenters. The molecule has 13 heteroatoms. The second kappa shape index (κ2) is 12.3. The van der Waals surface area contributed by atoms with Gasteiger partial charge >= 0.3 is 6.18 Å². The van der Waals surface area contributed by atoms with Gasteiger partial charge in [0.25, 0.3) is 11.8 Å². The highest BCUT2D eigenvalue weighted by molar-refractivity contribution is 6.33. The van der Waals surface area contributed by atoms with Gasteiger partial charge in [-0.2, -0.15) is 18.2 Å². The molecule has 0 radical (unpaired) electrons. The fraction of sp³-hybridized carbons (Fsp3) is 0.270. The van der Waals surface area contributed by atoms with Crippen LogP contribution in [0.25, 0.3) is 0 Å². The van der Waals surface area contributed by atoms with E-state index in [1.807, 2.05) is 30.3 Å². The maximum Gasteiger partial charge on any atom is 0.433 e. The molecule has 1 fully saturated rings. The number of phenolic OH excluding ortho intramolecular Hbond substituents is 1. The van der Waals surface area contributed by atoms with Crippen LogP contribution in [0.2, 0.25) is 5.02 Å². The number of ketones is 2. The van der Waals surface area contributed by atoms with Crippen molar-refractivity contribution in [2.75, 3.05) is 12.1 Å². The number of alkyl halides is 3. The summed E-state index contributed by atoms with van der Waals surface area (Å²) in [4.78, 5) is 58.8. The zero-order valence-corrected chi connectivity index (χ0v) is 27.5. The van der Waals surface area contributed by atoms with Crippen molar-refractivity contribution in [1.82, 2.24) is 9.99 Å². The number of carbonyl (C=O) groups excluding carboxylic acids is 4. The van der Waals surface area contributed by atoms with Gasteiger partial charge in [-0.1, -0.05) is 59.6 Å². The largest absolute Gasteiger partial charge is 0.507 e. The Kier molecular flexibility index (Phi) is 8.17. The lowest BCUT2D eigenvalue weighted by molar-refractivity contribution is -0.141. The van der Waals surface area contributed by atoms with E-state index in [2.05, 4.69) is 4.98 Å². The van der Waals surface area contributed by atoms with Crippen LogP contribution < -0.4 is 9.75 Å². The summed E-state index contributed by atoms with van der Waals surface area (Å²) < 4.78 is 46.4. The number of aromatic nitrogens is 1. The lowest BCUT2D eigenvalue weighted by atomic mass is 9.59.